The number of methoxy groups -OCH3 is 2. The number of halogens is 1. The summed E-state index contributed by atoms with van der Waals surface area (Å²) in [6, 6.07) is 10.2. The van der Waals surface area contributed by atoms with Gasteiger partial charge in [-0.15, -0.1) is 12.4 Å². The first-order valence-electron chi connectivity index (χ1n) is 11.2. The number of anilines is 1. The van der Waals surface area contributed by atoms with E-state index in [9.17, 15) is 19.5 Å². The molecule has 0 spiro atoms. The number of carboxylic acid groups (broad SMARTS) is 1. The number of benzene rings is 2. The molecule has 0 aromatic heterocycles. The third-order valence-electron chi connectivity index (χ3n) is 5.71. The van der Waals surface area contributed by atoms with Crippen LogP contribution in [-0.2, 0) is 27.3 Å². The smallest absolute Gasteiger partial charge is 0.305 e. The number of rotatable bonds is 11. The van der Waals surface area contributed by atoms with E-state index in [0.717, 1.165) is 25.2 Å². The Kier molecular flexibility index (Phi) is 10.8. The van der Waals surface area contributed by atoms with Crippen LogP contribution in [0, 0.1) is 0 Å². The highest BCUT2D eigenvalue weighted by Crippen LogP contribution is 2.31. The van der Waals surface area contributed by atoms with Crippen molar-refractivity contribution in [3.05, 3.63) is 53.1 Å². The molecular formula is C25H32ClN3O6. The minimum atomic E-state index is -1.04. The van der Waals surface area contributed by atoms with Gasteiger partial charge in [-0.25, -0.2) is 0 Å². The van der Waals surface area contributed by atoms with Crippen molar-refractivity contribution in [1.82, 2.24) is 10.6 Å². The average Bonchev–Trinajstić information content (AvgIpc) is 2.82. The third kappa shape index (κ3) is 8.15. The highest BCUT2D eigenvalue weighted by atomic mass is 35.5. The second-order valence-corrected chi connectivity index (χ2v) is 8.14. The quantitative estimate of drug-likeness (QED) is 0.369. The molecule has 0 saturated carbocycles. The van der Waals surface area contributed by atoms with Gasteiger partial charge in [0, 0.05) is 25.1 Å². The summed E-state index contributed by atoms with van der Waals surface area (Å²) >= 11 is 0. The van der Waals surface area contributed by atoms with Crippen molar-refractivity contribution in [2.75, 3.05) is 26.1 Å². The maximum Gasteiger partial charge on any atom is 0.305 e. The molecule has 1 aliphatic heterocycles. The number of carbonyl (C=O) groups excluding carboxylic acids is 2. The SMILES string of the molecule is COc1ccc(C(CC(=O)O)NC(=O)CCCC(=O)Nc2ccc3c(c2)CNCC3)cc1OC.Cl. The van der Waals surface area contributed by atoms with Gasteiger partial charge < -0.3 is 30.5 Å². The van der Waals surface area contributed by atoms with Crippen molar-refractivity contribution < 1.29 is 29.0 Å². The molecule has 0 bridgehead atoms. The fraction of sp³-hybridized carbons (Fsp3) is 0.400. The van der Waals surface area contributed by atoms with E-state index in [2.05, 4.69) is 16.0 Å². The molecule has 0 radical (unpaired) electrons. The molecule has 0 saturated heterocycles. The monoisotopic (exact) mass is 505 g/mol. The van der Waals surface area contributed by atoms with Crippen molar-refractivity contribution in [2.45, 2.75) is 44.7 Å². The van der Waals surface area contributed by atoms with Crippen molar-refractivity contribution >= 4 is 35.9 Å². The fourth-order valence-corrected chi connectivity index (χ4v) is 3.95. The first-order valence-corrected chi connectivity index (χ1v) is 11.2. The summed E-state index contributed by atoms with van der Waals surface area (Å²) in [5.41, 5.74) is 3.81. The molecule has 10 heteroatoms. The van der Waals surface area contributed by atoms with Crippen LogP contribution in [0.4, 0.5) is 5.69 Å². The summed E-state index contributed by atoms with van der Waals surface area (Å²) in [5, 5.41) is 18.2. The molecule has 9 nitrogen and oxygen atoms in total. The molecule has 1 aliphatic rings. The van der Waals surface area contributed by atoms with Gasteiger partial charge in [0.2, 0.25) is 11.8 Å². The minimum Gasteiger partial charge on any atom is -0.493 e. The van der Waals surface area contributed by atoms with E-state index in [1.165, 1.54) is 25.3 Å². The molecule has 0 aliphatic carbocycles. The minimum absolute atomic E-state index is 0. The lowest BCUT2D eigenvalue weighted by Gasteiger charge is -2.19. The second-order valence-electron chi connectivity index (χ2n) is 8.14. The zero-order chi connectivity index (χ0) is 24.5. The van der Waals surface area contributed by atoms with Gasteiger partial charge in [-0.3, -0.25) is 14.4 Å². The van der Waals surface area contributed by atoms with Gasteiger partial charge in [0.25, 0.3) is 0 Å². The van der Waals surface area contributed by atoms with Crippen LogP contribution in [0.2, 0.25) is 0 Å². The highest BCUT2D eigenvalue weighted by molar-refractivity contribution is 5.91. The molecular weight excluding hydrogens is 474 g/mol. The molecule has 1 atom stereocenters. The van der Waals surface area contributed by atoms with Gasteiger partial charge in [0.15, 0.2) is 11.5 Å². The Balaban J connectivity index is 0.00000432. The number of aliphatic carboxylic acids is 1. The van der Waals surface area contributed by atoms with Crippen LogP contribution in [0.15, 0.2) is 36.4 Å². The Bertz CT molecular complexity index is 1050. The lowest BCUT2D eigenvalue weighted by Crippen LogP contribution is -2.30. The fourth-order valence-electron chi connectivity index (χ4n) is 3.95. The molecule has 4 N–H and O–H groups in total. The third-order valence-corrected chi connectivity index (χ3v) is 5.71. The van der Waals surface area contributed by atoms with E-state index in [1.54, 1.807) is 18.2 Å². The number of fused-ring (bicyclic) bond motifs is 1. The van der Waals surface area contributed by atoms with Gasteiger partial charge in [0.05, 0.1) is 26.7 Å². The highest BCUT2D eigenvalue weighted by Gasteiger charge is 2.20. The first kappa shape index (κ1) is 27.9. The Morgan fingerprint density at radius 1 is 1.00 bits per heavy atom. The number of ether oxygens (including phenoxy) is 2. The zero-order valence-electron chi connectivity index (χ0n) is 19.9. The van der Waals surface area contributed by atoms with Crippen LogP contribution in [-0.4, -0.2) is 43.7 Å². The number of carboxylic acids is 1. The second kappa shape index (κ2) is 13.6. The summed E-state index contributed by atoms with van der Waals surface area (Å²) in [5.74, 6) is -0.584. The van der Waals surface area contributed by atoms with Gasteiger partial charge in [-0.1, -0.05) is 12.1 Å². The molecule has 2 amide bonds. The summed E-state index contributed by atoms with van der Waals surface area (Å²) in [6.07, 6.45) is 1.32. The number of carbonyl (C=O) groups is 3. The van der Waals surface area contributed by atoms with Crippen molar-refractivity contribution in [3.63, 3.8) is 0 Å². The van der Waals surface area contributed by atoms with Crippen molar-refractivity contribution in [2.24, 2.45) is 0 Å². The molecule has 2 aromatic rings. The predicted octanol–water partition coefficient (Wildman–Crippen LogP) is 3.21. The Hall–Kier alpha value is -3.30. The number of nitrogens with one attached hydrogen (secondary N) is 3. The predicted molar refractivity (Wildman–Crippen MR) is 134 cm³/mol. The Labute approximate surface area is 211 Å². The summed E-state index contributed by atoms with van der Waals surface area (Å²) in [4.78, 5) is 36.2. The van der Waals surface area contributed by atoms with Gasteiger partial charge in [0.1, 0.15) is 0 Å². The van der Waals surface area contributed by atoms with Crippen LogP contribution in [0.5, 0.6) is 11.5 Å². The van der Waals surface area contributed by atoms with Gasteiger partial charge in [-0.2, -0.15) is 0 Å². The van der Waals surface area contributed by atoms with Crippen molar-refractivity contribution in [1.29, 1.82) is 0 Å². The number of amides is 2. The summed E-state index contributed by atoms with van der Waals surface area (Å²) in [7, 11) is 2.99. The van der Waals surface area contributed by atoms with Crippen LogP contribution in [0.1, 0.15) is 48.4 Å². The van der Waals surface area contributed by atoms with Crippen LogP contribution in [0.3, 0.4) is 0 Å². The maximum absolute atomic E-state index is 12.5. The lowest BCUT2D eigenvalue weighted by molar-refractivity contribution is -0.137. The zero-order valence-corrected chi connectivity index (χ0v) is 20.7. The first-order chi connectivity index (χ1) is 16.4. The largest absolute Gasteiger partial charge is 0.493 e. The lowest BCUT2D eigenvalue weighted by atomic mass is 10.0. The molecule has 2 aromatic carbocycles. The van der Waals surface area contributed by atoms with Crippen LogP contribution >= 0.6 is 12.4 Å². The van der Waals surface area contributed by atoms with E-state index < -0.39 is 12.0 Å². The van der Waals surface area contributed by atoms with Gasteiger partial charge in [-0.05, 0) is 60.3 Å². The normalized spacial score (nSPS) is 13.0. The molecule has 1 heterocycles. The van der Waals surface area contributed by atoms with Crippen LogP contribution in [0.25, 0.3) is 0 Å². The molecule has 1 unspecified atom stereocenters. The molecule has 0 fully saturated rings. The average molecular weight is 506 g/mol. The Morgan fingerprint density at radius 2 is 1.74 bits per heavy atom. The summed E-state index contributed by atoms with van der Waals surface area (Å²) in [6.45, 7) is 1.75. The van der Waals surface area contributed by atoms with E-state index in [-0.39, 0.29) is 43.5 Å². The van der Waals surface area contributed by atoms with E-state index in [1.807, 2.05) is 18.2 Å². The van der Waals surface area contributed by atoms with E-state index in [4.69, 9.17) is 9.47 Å². The topological polar surface area (TPSA) is 126 Å². The Morgan fingerprint density at radius 3 is 2.46 bits per heavy atom. The number of hydrogen-bond acceptors (Lipinski definition) is 6. The number of hydrogen-bond donors (Lipinski definition) is 4. The van der Waals surface area contributed by atoms with Crippen molar-refractivity contribution in [3.8, 4) is 11.5 Å². The van der Waals surface area contributed by atoms with Gasteiger partial charge >= 0.3 is 5.97 Å². The van der Waals surface area contributed by atoms with Crippen LogP contribution < -0.4 is 25.4 Å². The maximum atomic E-state index is 12.5. The molecule has 3 rings (SSSR count). The molecule has 35 heavy (non-hydrogen) atoms. The molecule has 190 valence electrons. The standard InChI is InChI=1S/C25H31N3O6.ClH/c1-33-21-9-7-17(13-22(21)34-2)20(14-25(31)32)28-24(30)5-3-4-23(29)27-19-8-6-16-10-11-26-15-18(16)12-19;/h6-9,12-13,20,26H,3-5,10-11,14-15H2,1-2H3,(H,27,29)(H,28,30)(H,31,32);1H. The summed E-state index contributed by atoms with van der Waals surface area (Å²) < 4.78 is 10.5. The van der Waals surface area contributed by atoms with E-state index in [0.29, 0.717) is 23.5 Å². The van der Waals surface area contributed by atoms with E-state index >= 15 is 0 Å².